The van der Waals surface area contributed by atoms with E-state index in [1.54, 1.807) is 0 Å². The molecule has 1 saturated heterocycles. The summed E-state index contributed by atoms with van der Waals surface area (Å²) in [4.78, 5) is 0. The number of allylic oxidation sites excluding steroid dienone is 1. The van der Waals surface area contributed by atoms with Crippen LogP contribution in [-0.4, -0.2) is 12.2 Å². The molecule has 12 heavy (non-hydrogen) atoms. The Bertz CT molecular complexity index is 227. The summed E-state index contributed by atoms with van der Waals surface area (Å²) in [5.41, 5.74) is 1.91. The Morgan fingerprint density at radius 3 is 2.42 bits per heavy atom. The predicted octanol–water partition coefficient (Wildman–Crippen LogP) is 2.77. The average molecular weight is 166 g/mol. The highest BCUT2D eigenvalue weighted by molar-refractivity contribution is 5.18. The molecular formula is C11H18O. The van der Waals surface area contributed by atoms with E-state index >= 15 is 0 Å². The van der Waals surface area contributed by atoms with Crippen molar-refractivity contribution in [3.05, 3.63) is 12.2 Å². The van der Waals surface area contributed by atoms with Crippen LogP contribution in [0.5, 0.6) is 0 Å². The maximum atomic E-state index is 5.56. The largest absolute Gasteiger partial charge is 0.369 e. The smallest absolute Gasteiger partial charge is 0.0947 e. The summed E-state index contributed by atoms with van der Waals surface area (Å²) < 4.78 is 5.56. The van der Waals surface area contributed by atoms with Crippen LogP contribution in [0, 0.1) is 11.3 Å². The van der Waals surface area contributed by atoms with Crippen molar-refractivity contribution in [3.8, 4) is 0 Å². The molecule has 3 atom stereocenters. The Labute approximate surface area is 74.8 Å². The molecule has 0 aromatic heterocycles. The normalized spacial score (nSPS) is 52.9. The van der Waals surface area contributed by atoms with Gasteiger partial charge >= 0.3 is 0 Å². The van der Waals surface area contributed by atoms with E-state index in [0.29, 0.717) is 5.41 Å². The van der Waals surface area contributed by atoms with E-state index in [-0.39, 0.29) is 5.60 Å². The fourth-order valence-corrected chi connectivity index (χ4v) is 2.57. The first-order chi connectivity index (χ1) is 5.48. The van der Waals surface area contributed by atoms with Gasteiger partial charge in [-0.25, -0.2) is 0 Å². The van der Waals surface area contributed by atoms with Gasteiger partial charge in [0, 0.05) is 5.41 Å². The minimum absolute atomic E-state index is 0.159. The zero-order chi connectivity index (χ0) is 8.98. The van der Waals surface area contributed by atoms with Crippen molar-refractivity contribution < 1.29 is 4.74 Å². The van der Waals surface area contributed by atoms with E-state index < -0.39 is 0 Å². The molecular weight excluding hydrogens is 148 g/mol. The molecule has 0 bridgehead atoms. The van der Waals surface area contributed by atoms with Gasteiger partial charge in [0.2, 0.25) is 0 Å². The van der Waals surface area contributed by atoms with Gasteiger partial charge in [0.25, 0.3) is 0 Å². The fourth-order valence-electron chi connectivity index (χ4n) is 2.57. The topological polar surface area (TPSA) is 12.5 Å². The van der Waals surface area contributed by atoms with Crippen molar-refractivity contribution >= 4 is 0 Å². The van der Waals surface area contributed by atoms with E-state index in [1.807, 2.05) is 0 Å². The van der Waals surface area contributed by atoms with E-state index in [1.165, 1.54) is 12.0 Å². The lowest BCUT2D eigenvalue weighted by Crippen LogP contribution is -2.35. The summed E-state index contributed by atoms with van der Waals surface area (Å²) in [6.45, 7) is 11.9. The Morgan fingerprint density at radius 1 is 1.50 bits per heavy atom. The van der Waals surface area contributed by atoms with Gasteiger partial charge in [-0.2, -0.15) is 0 Å². The van der Waals surface area contributed by atoms with Crippen molar-refractivity contribution in [2.24, 2.45) is 11.3 Å². The molecule has 0 radical (unpaired) electrons. The van der Waals surface area contributed by atoms with Gasteiger partial charge in [0.15, 0.2) is 0 Å². The third-order valence-corrected chi connectivity index (χ3v) is 4.09. The second-order valence-electron chi connectivity index (χ2n) is 4.97. The first-order valence-electron chi connectivity index (χ1n) is 4.78. The molecule has 1 aliphatic carbocycles. The molecule has 68 valence electrons. The number of ether oxygens (including phenoxy) is 1. The maximum Gasteiger partial charge on any atom is 0.0947 e. The molecule has 1 nitrogen and oxygen atoms in total. The van der Waals surface area contributed by atoms with Gasteiger partial charge in [0.1, 0.15) is 0 Å². The predicted molar refractivity (Wildman–Crippen MR) is 50.0 cm³/mol. The summed E-state index contributed by atoms with van der Waals surface area (Å²) in [5.74, 6) is 0.734. The molecule has 0 N–H and O–H groups in total. The average Bonchev–Trinajstić information content (AvgIpc) is 2.62. The summed E-state index contributed by atoms with van der Waals surface area (Å²) >= 11 is 0. The lowest BCUT2D eigenvalue weighted by molar-refractivity contribution is 0.0990. The van der Waals surface area contributed by atoms with Crippen molar-refractivity contribution in [3.63, 3.8) is 0 Å². The fraction of sp³-hybridized carbons (Fsp3) is 0.818. The van der Waals surface area contributed by atoms with Crippen LogP contribution in [0.3, 0.4) is 0 Å². The highest BCUT2D eigenvalue weighted by Crippen LogP contribution is 2.58. The van der Waals surface area contributed by atoms with Crippen LogP contribution in [0.4, 0.5) is 0 Å². The molecule has 0 aromatic rings. The van der Waals surface area contributed by atoms with Crippen LogP contribution in [-0.2, 0) is 4.74 Å². The minimum atomic E-state index is 0.159. The minimum Gasteiger partial charge on any atom is -0.369 e. The van der Waals surface area contributed by atoms with Gasteiger partial charge in [0.05, 0.1) is 12.2 Å². The Hall–Kier alpha value is -0.300. The Balaban J connectivity index is 2.25. The first-order valence-corrected chi connectivity index (χ1v) is 4.78. The standard InChI is InChI=1S/C11H18O/c1-8-5-9(2)10(3,6-8)11(4)7-12-11/h9H,1,5-7H2,2-4H3/t9-,10+,11?/m0/s1. The van der Waals surface area contributed by atoms with Crippen LogP contribution in [0.25, 0.3) is 0 Å². The first kappa shape index (κ1) is 8.31. The zero-order valence-electron chi connectivity index (χ0n) is 8.31. The molecule has 2 rings (SSSR count). The molecule has 0 amide bonds. The Kier molecular flexibility index (Phi) is 1.48. The van der Waals surface area contributed by atoms with Crippen LogP contribution >= 0.6 is 0 Å². The summed E-state index contributed by atoms with van der Waals surface area (Å²) in [7, 11) is 0. The molecule has 1 heteroatoms. The van der Waals surface area contributed by atoms with Gasteiger partial charge in [-0.1, -0.05) is 26.0 Å². The molecule has 1 saturated carbocycles. The molecule has 1 aliphatic heterocycles. The van der Waals surface area contributed by atoms with Gasteiger partial charge in [-0.3, -0.25) is 0 Å². The molecule has 0 spiro atoms. The van der Waals surface area contributed by atoms with Crippen molar-refractivity contribution in [1.82, 2.24) is 0 Å². The second kappa shape index (κ2) is 2.14. The Morgan fingerprint density at radius 2 is 2.08 bits per heavy atom. The maximum absolute atomic E-state index is 5.56. The van der Waals surface area contributed by atoms with E-state index in [0.717, 1.165) is 18.9 Å². The van der Waals surface area contributed by atoms with Crippen molar-refractivity contribution in [1.29, 1.82) is 0 Å². The summed E-state index contributed by atoms with van der Waals surface area (Å²) in [5, 5.41) is 0. The highest BCUT2D eigenvalue weighted by Gasteiger charge is 2.59. The number of hydrogen-bond donors (Lipinski definition) is 0. The molecule has 1 unspecified atom stereocenters. The monoisotopic (exact) mass is 166 g/mol. The summed E-state index contributed by atoms with van der Waals surface area (Å²) in [6.07, 6.45) is 2.35. The van der Waals surface area contributed by atoms with Crippen LogP contribution in [0.2, 0.25) is 0 Å². The SMILES string of the molecule is C=C1C[C@H](C)[C@](C)(C2(C)CO2)C1. The third kappa shape index (κ3) is 0.891. The van der Waals surface area contributed by atoms with Crippen LogP contribution in [0.1, 0.15) is 33.6 Å². The van der Waals surface area contributed by atoms with E-state index in [9.17, 15) is 0 Å². The number of hydrogen-bond acceptors (Lipinski definition) is 1. The molecule has 2 aliphatic rings. The molecule has 0 aromatic carbocycles. The molecule has 2 fully saturated rings. The quantitative estimate of drug-likeness (QED) is 0.431. The van der Waals surface area contributed by atoms with Gasteiger partial charge in [-0.05, 0) is 25.7 Å². The lowest BCUT2D eigenvalue weighted by Gasteiger charge is -2.33. The highest BCUT2D eigenvalue weighted by atomic mass is 16.6. The number of epoxide rings is 1. The van der Waals surface area contributed by atoms with E-state index in [4.69, 9.17) is 4.74 Å². The van der Waals surface area contributed by atoms with Gasteiger partial charge in [-0.15, -0.1) is 0 Å². The van der Waals surface area contributed by atoms with E-state index in [2.05, 4.69) is 27.4 Å². The van der Waals surface area contributed by atoms with Crippen LogP contribution < -0.4 is 0 Å². The summed E-state index contributed by atoms with van der Waals surface area (Å²) in [6, 6.07) is 0. The van der Waals surface area contributed by atoms with Gasteiger partial charge < -0.3 is 4.74 Å². The van der Waals surface area contributed by atoms with Crippen LogP contribution in [0.15, 0.2) is 12.2 Å². The van der Waals surface area contributed by atoms with Crippen molar-refractivity contribution in [2.45, 2.75) is 39.2 Å². The number of rotatable bonds is 1. The zero-order valence-corrected chi connectivity index (χ0v) is 8.31. The molecule has 1 heterocycles. The van der Waals surface area contributed by atoms with Crippen molar-refractivity contribution in [2.75, 3.05) is 6.61 Å². The lowest BCUT2D eigenvalue weighted by atomic mass is 9.71. The second-order valence-corrected chi connectivity index (χ2v) is 4.97. The third-order valence-electron chi connectivity index (χ3n) is 4.09.